The van der Waals surface area contributed by atoms with Crippen molar-refractivity contribution in [2.45, 2.75) is 25.5 Å². The van der Waals surface area contributed by atoms with Gasteiger partial charge in [-0.05, 0) is 43.0 Å². The van der Waals surface area contributed by atoms with E-state index in [-0.39, 0.29) is 12.6 Å². The average Bonchev–Trinajstić information content (AvgIpc) is 3.21. The number of halogens is 1. The summed E-state index contributed by atoms with van der Waals surface area (Å²) < 4.78 is 5.27. The third-order valence-corrected chi connectivity index (χ3v) is 6.54. The molecular formula is C21H19ClN2O2S2. The van der Waals surface area contributed by atoms with Crippen LogP contribution in [0.2, 0.25) is 5.02 Å². The van der Waals surface area contributed by atoms with Gasteiger partial charge in [0.05, 0.1) is 34.8 Å². The maximum atomic E-state index is 12.6. The summed E-state index contributed by atoms with van der Waals surface area (Å²) in [6.07, 6.45) is 0. The van der Waals surface area contributed by atoms with Crippen molar-refractivity contribution in [3.05, 3.63) is 79.1 Å². The van der Waals surface area contributed by atoms with Gasteiger partial charge in [-0.3, -0.25) is 0 Å². The molecule has 0 saturated heterocycles. The van der Waals surface area contributed by atoms with Crippen LogP contribution in [0.25, 0.3) is 0 Å². The van der Waals surface area contributed by atoms with Crippen LogP contribution >= 0.6 is 34.7 Å². The van der Waals surface area contributed by atoms with Crippen LogP contribution in [-0.4, -0.2) is 12.6 Å². The zero-order chi connectivity index (χ0) is 20.1. The summed E-state index contributed by atoms with van der Waals surface area (Å²) >= 11 is 9.02. The fourth-order valence-corrected chi connectivity index (χ4v) is 5.00. The lowest BCUT2D eigenvalue weighted by Crippen LogP contribution is -2.28. The van der Waals surface area contributed by atoms with Gasteiger partial charge in [0.15, 0.2) is 0 Å². The van der Waals surface area contributed by atoms with E-state index < -0.39 is 5.92 Å². The Bertz CT molecular complexity index is 957. The minimum atomic E-state index is -0.419. The smallest absolute Gasteiger partial charge is 0.336 e. The second-order valence-corrected chi connectivity index (χ2v) is 8.50. The fourth-order valence-electron chi connectivity index (χ4n) is 2.98. The molecule has 0 fully saturated rings. The van der Waals surface area contributed by atoms with Crippen molar-refractivity contribution in [2.75, 3.05) is 6.61 Å². The number of dihydropyridines is 1. The normalized spacial score (nSPS) is 16.6. The Morgan fingerprint density at radius 1 is 1.36 bits per heavy atom. The maximum Gasteiger partial charge on any atom is 0.336 e. The molecule has 4 nitrogen and oxygen atoms in total. The van der Waals surface area contributed by atoms with Gasteiger partial charge in [0.25, 0.3) is 0 Å². The number of nitrogens with one attached hydrogen (secondary N) is 1. The summed E-state index contributed by atoms with van der Waals surface area (Å²) in [4.78, 5) is 13.6. The highest BCUT2D eigenvalue weighted by molar-refractivity contribution is 8.02. The number of carbonyl (C=O) groups excluding carboxylic acids is 1. The molecule has 28 heavy (non-hydrogen) atoms. The molecule has 2 heterocycles. The van der Waals surface area contributed by atoms with E-state index in [9.17, 15) is 10.1 Å². The second-order valence-electron chi connectivity index (χ2n) is 6.10. The maximum absolute atomic E-state index is 12.6. The standard InChI is InChI=1S/C21H19ClN2O2S2/c1-3-26-21(25)18-13(2)24-20(28-12-14-6-8-15(22)9-7-14)16(11-23)19(18)17-5-4-10-27-17/h4-10,19,24H,3,12H2,1-2H3. The summed E-state index contributed by atoms with van der Waals surface area (Å²) in [7, 11) is 0. The first-order valence-corrected chi connectivity index (χ1v) is 11.0. The van der Waals surface area contributed by atoms with Gasteiger partial charge in [0.1, 0.15) is 0 Å². The van der Waals surface area contributed by atoms with Crippen molar-refractivity contribution in [2.24, 2.45) is 0 Å². The summed E-state index contributed by atoms with van der Waals surface area (Å²) in [5, 5.41) is 16.6. The molecule has 7 heteroatoms. The predicted octanol–water partition coefficient (Wildman–Crippen LogP) is 5.59. The molecule has 1 aliphatic rings. The number of carbonyl (C=O) groups is 1. The molecule has 1 N–H and O–H groups in total. The van der Waals surface area contributed by atoms with Crippen molar-refractivity contribution in [1.82, 2.24) is 5.32 Å². The first kappa shape index (κ1) is 20.5. The summed E-state index contributed by atoms with van der Waals surface area (Å²) in [6.45, 7) is 3.92. The highest BCUT2D eigenvalue weighted by Gasteiger charge is 2.35. The molecule has 1 aromatic carbocycles. The van der Waals surface area contributed by atoms with Gasteiger partial charge in [-0.2, -0.15) is 5.26 Å². The molecule has 0 amide bonds. The highest BCUT2D eigenvalue weighted by atomic mass is 35.5. The minimum absolute atomic E-state index is 0.288. The Balaban J connectivity index is 1.95. The molecule has 0 saturated carbocycles. The largest absolute Gasteiger partial charge is 0.463 e. The SMILES string of the molecule is CCOC(=O)C1=C(C)NC(SCc2ccc(Cl)cc2)=C(C#N)C1c1cccs1. The van der Waals surface area contributed by atoms with Gasteiger partial charge < -0.3 is 10.1 Å². The lowest BCUT2D eigenvalue weighted by molar-refractivity contribution is -0.138. The number of thiophene rings is 1. The molecule has 144 valence electrons. The molecule has 0 bridgehead atoms. The van der Waals surface area contributed by atoms with Gasteiger partial charge in [0, 0.05) is 21.3 Å². The quantitative estimate of drug-likeness (QED) is 0.605. The van der Waals surface area contributed by atoms with Gasteiger partial charge in [-0.15, -0.1) is 23.1 Å². The van der Waals surface area contributed by atoms with Crippen LogP contribution in [0, 0.1) is 11.3 Å². The Hall–Kier alpha value is -2.20. The molecule has 0 radical (unpaired) electrons. The molecule has 1 aromatic heterocycles. The molecular weight excluding hydrogens is 412 g/mol. The van der Waals surface area contributed by atoms with Gasteiger partial charge in [0.2, 0.25) is 0 Å². The number of thioether (sulfide) groups is 1. The van der Waals surface area contributed by atoms with Crippen molar-refractivity contribution < 1.29 is 9.53 Å². The zero-order valence-corrected chi connectivity index (χ0v) is 17.9. The number of benzene rings is 1. The van der Waals surface area contributed by atoms with Gasteiger partial charge in [-0.1, -0.05) is 29.8 Å². The van der Waals surface area contributed by atoms with E-state index in [1.54, 1.807) is 18.7 Å². The van der Waals surface area contributed by atoms with Crippen LogP contribution in [0.3, 0.4) is 0 Å². The van der Waals surface area contributed by atoms with Crippen LogP contribution in [0.1, 0.15) is 30.2 Å². The summed E-state index contributed by atoms with van der Waals surface area (Å²) in [6, 6.07) is 13.8. The molecule has 0 spiro atoms. The predicted molar refractivity (Wildman–Crippen MR) is 115 cm³/mol. The van der Waals surface area contributed by atoms with E-state index >= 15 is 0 Å². The van der Waals surface area contributed by atoms with Crippen molar-refractivity contribution >= 4 is 40.7 Å². The summed E-state index contributed by atoms with van der Waals surface area (Å²) in [5.74, 6) is -0.123. The van der Waals surface area contributed by atoms with E-state index in [4.69, 9.17) is 16.3 Å². The third kappa shape index (κ3) is 4.44. The Morgan fingerprint density at radius 2 is 2.11 bits per heavy atom. The van der Waals surface area contributed by atoms with Gasteiger partial charge >= 0.3 is 5.97 Å². The Morgan fingerprint density at radius 3 is 2.71 bits per heavy atom. The van der Waals surface area contributed by atoms with E-state index in [0.29, 0.717) is 21.9 Å². The molecule has 0 aliphatic carbocycles. The molecule has 1 atom stereocenters. The number of ether oxygens (including phenoxy) is 1. The summed E-state index contributed by atoms with van der Waals surface area (Å²) in [5.41, 5.74) is 2.85. The number of hydrogen-bond donors (Lipinski definition) is 1. The topological polar surface area (TPSA) is 62.1 Å². The van der Waals surface area contributed by atoms with Gasteiger partial charge in [-0.25, -0.2) is 4.79 Å². The highest BCUT2D eigenvalue weighted by Crippen LogP contribution is 2.43. The Labute approximate surface area is 177 Å². The van der Waals surface area contributed by atoms with Crippen molar-refractivity contribution in [1.29, 1.82) is 5.26 Å². The zero-order valence-electron chi connectivity index (χ0n) is 15.5. The lowest BCUT2D eigenvalue weighted by Gasteiger charge is -2.28. The molecule has 1 unspecified atom stereocenters. The number of rotatable bonds is 6. The van der Waals surface area contributed by atoms with Crippen molar-refractivity contribution in [3.63, 3.8) is 0 Å². The number of allylic oxidation sites excluding steroid dienone is 2. The molecule has 2 aromatic rings. The fraction of sp³-hybridized carbons (Fsp3) is 0.238. The lowest BCUT2D eigenvalue weighted by atomic mass is 9.87. The van der Waals surface area contributed by atoms with Crippen molar-refractivity contribution in [3.8, 4) is 6.07 Å². The second kappa shape index (κ2) is 9.33. The number of esters is 1. The minimum Gasteiger partial charge on any atom is -0.463 e. The molecule has 3 rings (SSSR count). The van der Waals surface area contributed by atoms with Crippen LogP contribution in [0.15, 0.2) is 63.7 Å². The molecule has 1 aliphatic heterocycles. The van der Waals surface area contributed by atoms with E-state index in [1.807, 2.05) is 48.7 Å². The number of hydrogen-bond acceptors (Lipinski definition) is 6. The monoisotopic (exact) mass is 430 g/mol. The van der Waals surface area contributed by atoms with E-state index in [1.165, 1.54) is 11.3 Å². The van der Waals surface area contributed by atoms with Crippen LogP contribution in [-0.2, 0) is 15.3 Å². The first-order valence-electron chi connectivity index (χ1n) is 8.75. The Kier molecular flexibility index (Phi) is 6.84. The van der Waals surface area contributed by atoms with Crippen LogP contribution in [0.4, 0.5) is 0 Å². The number of nitrogens with zero attached hydrogens (tertiary/aromatic N) is 1. The van der Waals surface area contributed by atoms with E-state index in [0.717, 1.165) is 21.2 Å². The average molecular weight is 431 g/mol. The van der Waals surface area contributed by atoms with Crippen LogP contribution in [0.5, 0.6) is 0 Å². The number of nitriles is 1. The van der Waals surface area contributed by atoms with Crippen LogP contribution < -0.4 is 5.32 Å². The first-order chi connectivity index (χ1) is 13.5. The van der Waals surface area contributed by atoms with E-state index in [2.05, 4.69) is 11.4 Å². The third-order valence-electron chi connectivity index (χ3n) is 4.27.